The van der Waals surface area contributed by atoms with Crippen molar-refractivity contribution in [2.24, 2.45) is 0 Å². The number of thiocarbonyl (C=S) groups is 1. The Bertz CT molecular complexity index is 932. The van der Waals surface area contributed by atoms with Gasteiger partial charge in [-0.1, -0.05) is 18.2 Å². The van der Waals surface area contributed by atoms with Gasteiger partial charge in [0.25, 0.3) is 17.5 Å². The van der Waals surface area contributed by atoms with E-state index < -0.39 is 16.7 Å². The van der Waals surface area contributed by atoms with Crippen molar-refractivity contribution in [2.75, 3.05) is 11.9 Å². The van der Waals surface area contributed by atoms with Crippen molar-refractivity contribution in [1.82, 2.24) is 16.2 Å². The second kappa shape index (κ2) is 9.42. The van der Waals surface area contributed by atoms with Crippen molar-refractivity contribution in [3.8, 4) is 0 Å². The molecule has 146 valence electrons. The molecular formula is C18H19N5O4S. The number of amides is 2. The molecule has 0 aliphatic carbocycles. The molecule has 0 aliphatic heterocycles. The number of nitrogens with zero attached hydrogens (tertiary/aromatic N) is 1. The van der Waals surface area contributed by atoms with Gasteiger partial charge in [0.2, 0.25) is 0 Å². The zero-order chi connectivity index (χ0) is 20.7. The second-order valence-electron chi connectivity index (χ2n) is 5.86. The van der Waals surface area contributed by atoms with Crippen molar-refractivity contribution in [3.63, 3.8) is 0 Å². The minimum Gasteiger partial charge on any atom is -0.343 e. The molecule has 0 heterocycles. The number of anilines is 1. The summed E-state index contributed by atoms with van der Waals surface area (Å²) in [6.07, 6.45) is 0. The lowest BCUT2D eigenvalue weighted by Gasteiger charge is -2.14. The molecule has 0 atom stereocenters. The first-order valence-electron chi connectivity index (χ1n) is 8.22. The summed E-state index contributed by atoms with van der Waals surface area (Å²) in [5, 5.41) is 16.3. The number of rotatable bonds is 5. The summed E-state index contributed by atoms with van der Waals surface area (Å²) >= 11 is 5.12. The highest BCUT2D eigenvalue weighted by molar-refractivity contribution is 7.80. The van der Waals surface area contributed by atoms with Gasteiger partial charge in [0, 0.05) is 23.4 Å². The molecule has 0 saturated carbocycles. The zero-order valence-electron chi connectivity index (χ0n) is 15.2. The molecule has 0 radical (unpaired) electrons. The summed E-state index contributed by atoms with van der Waals surface area (Å²) in [4.78, 5) is 34.0. The van der Waals surface area contributed by atoms with Gasteiger partial charge in [-0.3, -0.25) is 30.6 Å². The van der Waals surface area contributed by atoms with Crippen LogP contribution in [0, 0.1) is 24.0 Å². The summed E-state index contributed by atoms with van der Waals surface area (Å²) in [5.74, 6) is -1.14. The Labute approximate surface area is 166 Å². The van der Waals surface area contributed by atoms with E-state index in [1.54, 1.807) is 0 Å². The molecule has 0 fully saturated rings. The maximum Gasteiger partial charge on any atom is 0.270 e. The number of carbonyl (C=O) groups excluding carboxylic acids is 2. The average Bonchev–Trinajstić information content (AvgIpc) is 2.68. The highest BCUT2D eigenvalue weighted by atomic mass is 32.1. The van der Waals surface area contributed by atoms with Crippen LogP contribution in [0.15, 0.2) is 42.5 Å². The molecule has 28 heavy (non-hydrogen) atoms. The number of hydrogen-bond donors (Lipinski definition) is 4. The minimum atomic E-state index is -0.602. The van der Waals surface area contributed by atoms with Gasteiger partial charge < -0.3 is 10.6 Å². The van der Waals surface area contributed by atoms with Crippen molar-refractivity contribution < 1.29 is 14.5 Å². The highest BCUT2D eigenvalue weighted by Gasteiger charge is 2.12. The van der Waals surface area contributed by atoms with Crippen molar-refractivity contribution >= 4 is 40.5 Å². The first-order valence-corrected chi connectivity index (χ1v) is 8.63. The molecule has 2 aromatic rings. The number of aryl methyl sites for hydroxylation is 1. The lowest BCUT2D eigenvalue weighted by atomic mass is 10.1. The smallest absolute Gasteiger partial charge is 0.270 e. The van der Waals surface area contributed by atoms with Crippen LogP contribution in [0.5, 0.6) is 0 Å². The fourth-order valence-corrected chi connectivity index (χ4v) is 2.40. The van der Waals surface area contributed by atoms with E-state index in [0.29, 0.717) is 0 Å². The Hall–Kier alpha value is -3.53. The van der Waals surface area contributed by atoms with E-state index >= 15 is 0 Å². The Kier molecular flexibility index (Phi) is 6.99. The van der Waals surface area contributed by atoms with Crippen molar-refractivity contribution in [3.05, 3.63) is 69.3 Å². The molecule has 0 spiro atoms. The predicted molar refractivity (Wildman–Crippen MR) is 109 cm³/mol. The summed E-state index contributed by atoms with van der Waals surface area (Å²) < 4.78 is 0. The normalized spacial score (nSPS) is 9.93. The summed E-state index contributed by atoms with van der Waals surface area (Å²) in [6, 6.07) is 10.9. The molecule has 0 unspecified atom stereocenters. The number of hydrogen-bond acceptors (Lipinski definition) is 5. The van der Waals surface area contributed by atoms with Crippen LogP contribution in [0.4, 0.5) is 11.4 Å². The molecule has 0 saturated heterocycles. The fourth-order valence-electron chi connectivity index (χ4n) is 2.23. The number of benzene rings is 2. The molecule has 9 nitrogen and oxygen atoms in total. The number of carbonyl (C=O) groups is 2. The van der Waals surface area contributed by atoms with Crippen LogP contribution in [0.2, 0.25) is 0 Å². The minimum absolute atomic E-state index is 0.0852. The van der Waals surface area contributed by atoms with E-state index in [1.807, 2.05) is 32.0 Å². The Morgan fingerprint density at radius 3 is 2.54 bits per heavy atom. The molecule has 2 rings (SSSR count). The van der Waals surface area contributed by atoms with E-state index in [2.05, 4.69) is 21.5 Å². The monoisotopic (exact) mass is 401 g/mol. The maximum absolute atomic E-state index is 12.0. The van der Waals surface area contributed by atoms with Crippen LogP contribution in [0.1, 0.15) is 21.5 Å². The van der Waals surface area contributed by atoms with Gasteiger partial charge in [-0.2, -0.15) is 0 Å². The third-order valence-corrected chi connectivity index (χ3v) is 4.10. The van der Waals surface area contributed by atoms with Crippen LogP contribution in [-0.4, -0.2) is 28.4 Å². The van der Waals surface area contributed by atoms with Crippen LogP contribution in [-0.2, 0) is 4.79 Å². The van der Waals surface area contributed by atoms with Gasteiger partial charge in [-0.05, 0) is 49.3 Å². The van der Waals surface area contributed by atoms with E-state index in [9.17, 15) is 19.7 Å². The van der Waals surface area contributed by atoms with Crippen LogP contribution >= 0.6 is 12.2 Å². The zero-order valence-corrected chi connectivity index (χ0v) is 16.1. The summed E-state index contributed by atoms with van der Waals surface area (Å²) in [5.41, 5.74) is 7.72. The number of nitrogens with one attached hydrogen (secondary N) is 4. The van der Waals surface area contributed by atoms with Gasteiger partial charge in [0.05, 0.1) is 11.5 Å². The first kappa shape index (κ1) is 20.8. The van der Waals surface area contributed by atoms with Gasteiger partial charge in [0.15, 0.2) is 5.11 Å². The molecular weight excluding hydrogens is 382 g/mol. The first-order chi connectivity index (χ1) is 13.3. The Balaban J connectivity index is 1.80. The second-order valence-corrected chi connectivity index (χ2v) is 6.27. The SMILES string of the molecule is Cc1cccc(NC(=S)NNC(=O)CNC(=O)c2cccc([N+](=O)[O-])c2)c1C. The van der Waals surface area contributed by atoms with Gasteiger partial charge in [-0.25, -0.2) is 0 Å². The summed E-state index contributed by atoms with van der Waals surface area (Å²) in [6.45, 7) is 3.59. The molecule has 4 N–H and O–H groups in total. The molecule has 0 bridgehead atoms. The van der Waals surface area contributed by atoms with Gasteiger partial charge >= 0.3 is 0 Å². The maximum atomic E-state index is 12.0. The molecule has 2 amide bonds. The third-order valence-electron chi connectivity index (χ3n) is 3.90. The van der Waals surface area contributed by atoms with Crippen LogP contribution in [0.3, 0.4) is 0 Å². The van der Waals surface area contributed by atoms with Crippen LogP contribution < -0.4 is 21.5 Å². The van der Waals surface area contributed by atoms with E-state index in [1.165, 1.54) is 18.2 Å². The molecule has 2 aromatic carbocycles. The van der Waals surface area contributed by atoms with E-state index in [0.717, 1.165) is 22.9 Å². The molecule has 0 aliphatic rings. The van der Waals surface area contributed by atoms with Crippen LogP contribution in [0.25, 0.3) is 0 Å². The van der Waals surface area contributed by atoms with Gasteiger partial charge in [0.1, 0.15) is 0 Å². The lowest BCUT2D eigenvalue weighted by Crippen LogP contribution is -2.47. The van der Waals surface area contributed by atoms with E-state index in [4.69, 9.17) is 12.2 Å². The number of hydrazine groups is 1. The largest absolute Gasteiger partial charge is 0.343 e. The Morgan fingerprint density at radius 2 is 1.82 bits per heavy atom. The molecule has 0 aromatic heterocycles. The third kappa shape index (κ3) is 5.74. The number of nitro groups is 1. The Morgan fingerprint density at radius 1 is 1.11 bits per heavy atom. The average molecular weight is 401 g/mol. The topological polar surface area (TPSA) is 125 Å². The molecule has 10 heteroatoms. The standard InChI is InChI=1S/C18H19N5O4S/c1-11-5-3-8-15(12(11)2)20-18(28)22-21-16(24)10-19-17(25)13-6-4-7-14(9-13)23(26)27/h3-9H,10H2,1-2H3,(H,19,25)(H,21,24)(H2,20,22,28). The fraction of sp³-hybridized carbons (Fsp3) is 0.167. The van der Waals surface area contributed by atoms with Gasteiger partial charge in [-0.15, -0.1) is 0 Å². The highest BCUT2D eigenvalue weighted by Crippen LogP contribution is 2.17. The number of nitro benzene ring substituents is 1. The van der Waals surface area contributed by atoms with E-state index in [-0.39, 0.29) is 22.9 Å². The van der Waals surface area contributed by atoms with Crippen molar-refractivity contribution in [1.29, 1.82) is 0 Å². The number of non-ortho nitro benzene ring substituents is 1. The quantitative estimate of drug-likeness (QED) is 0.343. The lowest BCUT2D eigenvalue weighted by molar-refractivity contribution is -0.384. The van der Waals surface area contributed by atoms with Crippen molar-refractivity contribution in [2.45, 2.75) is 13.8 Å². The summed E-state index contributed by atoms with van der Waals surface area (Å²) in [7, 11) is 0. The predicted octanol–water partition coefficient (Wildman–Crippen LogP) is 1.96.